The first kappa shape index (κ1) is 20.1. The lowest BCUT2D eigenvalue weighted by atomic mass is 10.1. The maximum atomic E-state index is 12.5. The van der Waals surface area contributed by atoms with Gasteiger partial charge in [0, 0.05) is 49.9 Å². The van der Waals surface area contributed by atoms with E-state index < -0.39 is 6.29 Å². The van der Waals surface area contributed by atoms with Gasteiger partial charge in [-0.1, -0.05) is 11.8 Å². The van der Waals surface area contributed by atoms with E-state index in [9.17, 15) is 15.0 Å². The molecule has 3 N–H and O–H groups in total. The van der Waals surface area contributed by atoms with Crippen LogP contribution in [0.3, 0.4) is 0 Å². The van der Waals surface area contributed by atoms with Crippen molar-refractivity contribution in [3.05, 3.63) is 45.7 Å². The predicted molar refractivity (Wildman–Crippen MR) is 99.7 cm³/mol. The summed E-state index contributed by atoms with van der Waals surface area (Å²) in [6, 6.07) is 5.38. The van der Waals surface area contributed by atoms with Crippen LogP contribution in [0.25, 0.3) is 10.9 Å². The summed E-state index contributed by atoms with van der Waals surface area (Å²) in [6.45, 7) is 3.82. The largest absolute Gasteiger partial charge is 0.396 e. The number of hydrogen-bond acceptors (Lipinski definition) is 5. The van der Waals surface area contributed by atoms with Gasteiger partial charge in [-0.05, 0) is 38.0 Å². The number of aliphatic hydroxyl groups excluding tert-OH is 2. The van der Waals surface area contributed by atoms with Gasteiger partial charge in [0.2, 0.25) is 0 Å². The van der Waals surface area contributed by atoms with E-state index in [0.717, 1.165) is 11.9 Å². The third-order valence-corrected chi connectivity index (χ3v) is 4.00. The molecule has 6 heteroatoms. The van der Waals surface area contributed by atoms with Gasteiger partial charge in [0.15, 0.2) is 11.7 Å². The molecule has 2 aromatic rings. The molecule has 0 aliphatic carbocycles. The van der Waals surface area contributed by atoms with Gasteiger partial charge >= 0.3 is 0 Å². The third-order valence-electron chi connectivity index (χ3n) is 4.00. The predicted octanol–water partition coefficient (Wildman–Crippen LogP) is 1.54. The highest BCUT2D eigenvalue weighted by molar-refractivity contribution is 5.81. The summed E-state index contributed by atoms with van der Waals surface area (Å²) in [5.74, 6) is 6.09. The Balaban J connectivity index is 2.15. The number of hydrogen-bond donors (Lipinski definition) is 3. The number of unbranched alkanes of at least 4 members (excludes halogenated alkanes) is 1. The van der Waals surface area contributed by atoms with E-state index in [1.165, 1.54) is 6.20 Å². The van der Waals surface area contributed by atoms with Gasteiger partial charge in [0.1, 0.15) is 0 Å². The number of rotatable bonds is 8. The van der Waals surface area contributed by atoms with E-state index in [1.807, 2.05) is 23.6 Å². The molecule has 0 bridgehead atoms. The number of aliphatic hydroxyl groups is 3. The zero-order valence-corrected chi connectivity index (χ0v) is 14.9. The number of pyridine rings is 1. The lowest BCUT2D eigenvalue weighted by Gasteiger charge is -2.12. The molecular weight excluding hydrogens is 334 g/mol. The van der Waals surface area contributed by atoms with Crippen molar-refractivity contribution in [3.63, 3.8) is 0 Å². The first-order valence-electron chi connectivity index (χ1n) is 8.79. The van der Waals surface area contributed by atoms with E-state index >= 15 is 0 Å². The molecule has 0 spiro atoms. The van der Waals surface area contributed by atoms with Gasteiger partial charge in [-0.2, -0.15) is 0 Å². The lowest BCUT2D eigenvalue weighted by Crippen LogP contribution is -2.17. The first-order valence-corrected chi connectivity index (χ1v) is 8.79. The van der Waals surface area contributed by atoms with Crippen molar-refractivity contribution in [2.24, 2.45) is 0 Å². The highest BCUT2D eigenvalue weighted by Gasteiger charge is 2.13. The van der Waals surface area contributed by atoms with Crippen LogP contribution in [0.4, 0.5) is 0 Å². The number of nitrogens with zero attached hydrogens (tertiary/aromatic N) is 1. The van der Waals surface area contributed by atoms with Crippen molar-refractivity contribution in [2.75, 3.05) is 19.8 Å². The quantitative estimate of drug-likeness (QED) is 0.378. The fourth-order valence-corrected chi connectivity index (χ4v) is 2.64. The smallest absolute Gasteiger partial charge is 0.197 e. The number of benzene rings is 1. The zero-order valence-electron chi connectivity index (χ0n) is 14.9. The highest BCUT2D eigenvalue weighted by Crippen LogP contribution is 2.16. The molecule has 0 aliphatic rings. The fourth-order valence-electron chi connectivity index (χ4n) is 2.64. The maximum Gasteiger partial charge on any atom is 0.197 e. The van der Waals surface area contributed by atoms with Gasteiger partial charge in [0.25, 0.3) is 0 Å². The zero-order chi connectivity index (χ0) is 18.9. The van der Waals surface area contributed by atoms with Crippen molar-refractivity contribution in [1.29, 1.82) is 0 Å². The van der Waals surface area contributed by atoms with E-state index in [0.29, 0.717) is 43.5 Å². The average Bonchev–Trinajstić information content (AvgIpc) is 2.64. The van der Waals surface area contributed by atoms with Crippen LogP contribution in [0, 0.1) is 11.8 Å². The molecule has 1 aromatic heterocycles. The van der Waals surface area contributed by atoms with Gasteiger partial charge < -0.3 is 24.6 Å². The van der Waals surface area contributed by atoms with Crippen LogP contribution in [-0.4, -0.2) is 39.7 Å². The standard InChI is InChI=1S/C20H25NO5/c1-2-21-14-17(20(24)25)19(23)16-13-15(8-9-18(16)21)7-4-3-5-11-26-12-6-10-22/h8-9,13-14,20,22,24-25H,2-3,5-6,10-12H2,1H3. The normalized spacial score (nSPS) is 11.0. The topological polar surface area (TPSA) is 91.9 Å². The molecule has 0 saturated heterocycles. The molecule has 0 unspecified atom stereocenters. The summed E-state index contributed by atoms with van der Waals surface area (Å²) in [6.07, 6.45) is 1.80. The van der Waals surface area contributed by atoms with Crippen LogP contribution in [0.15, 0.2) is 29.2 Å². The summed E-state index contributed by atoms with van der Waals surface area (Å²) in [5, 5.41) is 27.9. The Labute approximate surface area is 152 Å². The fraction of sp³-hybridized carbons (Fsp3) is 0.450. The Morgan fingerprint density at radius 3 is 2.69 bits per heavy atom. The average molecular weight is 359 g/mol. The van der Waals surface area contributed by atoms with Crippen molar-refractivity contribution in [3.8, 4) is 11.8 Å². The van der Waals surface area contributed by atoms with Gasteiger partial charge in [-0.25, -0.2) is 0 Å². The SMILES string of the molecule is CCn1cc(C(O)O)c(=O)c2cc(C#CCCCOCCCO)ccc21. The number of fused-ring (bicyclic) bond motifs is 1. The van der Waals surface area contributed by atoms with Crippen molar-refractivity contribution in [1.82, 2.24) is 4.57 Å². The molecule has 0 fully saturated rings. The molecule has 1 aromatic carbocycles. The third kappa shape index (κ3) is 5.16. The maximum absolute atomic E-state index is 12.5. The van der Waals surface area contributed by atoms with E-state index in [1.54, 1.807) is 6.07 Å². The Morgan fingerprint density at radius 2 is 2.00 bits per heavy atom. The Kier molecular flexibility index (Phi) is 7.82. The van der Waals surface area contributed by atoms with Crippen molar-refractivity contribution >= 4 is 10.9 Å². The van der Waals surface area contributed by atoms with E-state index in [-0.39, 0.29) is 17.6 Å². The van der Waals surface area contributed by atoms with Crippen LogP contribution in [-0.2, 0) is 11.3 Å². The molecular formula is C20H25NO5. The Bertz CT molecular complexity index is 845. The highest BCUT2D eigenvalue weighted by atomic mass is 16.5. The van der Waals surface area contributed by atoms with E-state index in [2.05, 4.69) is 11.8 Å². The molecule has 0 atom stereocenters. The van der Waals surface area contributed by atoms with Gasteiger partial charge in [-0.3, -0.25) is 4.79 Å². The van der Waals surface area contributed by atoms with Gasteiger partial charge in [-0.15, -0.1) is 0 Å². The molecule has 0 radical (unpaired) electrons. The summed E-state index contributed by atoms with van der Waals surface area (Å²) in [5.41, 5.74) is 1.03. The van der Waals surface area contributed by atoms with E-state index in [4.69, 9.17) is 9.84 Å². The van der Waals surface area contributed by atoms with Crippen LogP contribution in [0.2, 0.25) is 0 Å². The molecule has 6 nitrogen and oxygen atoms in total. The van der Waals surface area contributed by atoms with Crippen LogP contribution in [0.1, 0.15) is 43.6 Å². The summed E-state index contributed by atoms with van der Waals surface area (Å²) in [7, 11) is 0. The summed E-state index contributed by atoms with van der Waals surface area (Å²) in [4.78, 5) is 12.5. The Morgan fingerprint density at radius 1 is 1.23 bits per heavy atom. The second-order valence-electron chi connectivity index (χ2n) is 5.90. The Hall–Kier alpha value is -2.17. The minimum Gasteiger partial charge on any atom is -0.396 e. The molecule has 140 valence electrons. The molecule has 2 rings (SSSR count). The molecule has 26 heavy (non-hydrogen) atoms. The van der Waals surface area contributed by atoms with Gasteiger partial charge in [0.05, 0.1) is 11.1 Å². The van der Waals surface area contributed by atoms with Crippen LogP contribution in [0.5, 0.6) is 0 Å². The lowest BCUT2D eigenvalue weighted by molar-refractivity contribution is -0.0435. The van der Waals surface area contributed by atoms with Crippen LogP contribution >= 0.6 is 0 Å². The monoisotopic (exact) mass is 359 g/mol. The number of ether oxygens (including phenoxy) is 1. The molecule has 0 saturated carbocycles. The molecule has 0 aliphatic heterocycles. The first-order chi connectivity index (χ1) is 12.6. The summed E-state index contributed by atoms with van der Waals surface area (Å²) < 4.78 is 7.15. The summed E-state index contributed by atoms with van der Waals surface area (Å²) >= 11 is 0. The second kappa shape index (κ2) is 10.1. The number of aryl methyl sites for hydroxylation is 1. The molecule has 1 heterocycles. The second-order valence-corrected chi connectivity index (χ2v) is 5.90. The molecule has 0 amide bonds. The number of aromatic nitrogens is 1. The minimum absolute atomic E-state index is 0.0375. The van der Waals surface area contributed by atoms with Crippen molar-refractivity contribution < 1.29 is 20.1 Å². The van der Waals surface area contributed by atoms with Crippen molar-refractivity contribution in [2.45, 2.75) is 39.0 Å². The van der Waals surface area contributed by atoms with Crippen LogP contribution < -0.4 is 5.43 Å². The minimum atomic E-state index is -1.80.